The highest BCUT2D eigenvalue weighted by molar-refractivity contribution is 5.92. The quantitative estimate of drug-likeness (QED) is 0.503. The van der Waals surface area contributed by atoms with Gasteiger partial charge in [0.25, 0.3) is 5.89 Å². The molecule has 4 aromatic rings. The van der Waals surface area contributed by atoms with Crippen molar-refractivity contribution in [1.82, 2.24) is 29.6 Å². The van der Waals surface area contributed by atoms with Crippen LogP contribution in [-0.2, 0) is 11.3 Å². The van der Waals surface area contributed by atoms with Gasteiger partial charge in [0.1, 0.15) is 18.3 Å². The Kier molecular flexibility index (Phi) is 4.99. The van der Waals surface area contributed by atoms with Crippen LogP contribution < -0.4 is 5.69 Å². The van der Waals surface area contributed by atoms with Crippen molar-refractivity contribution in [1.29, 1.82) is 0 Å². The van der Waals surface area contributed by atoms with Gasteiger partial charge in [-0.3, -0.25) is 14.3 Å². The Balaban J connectivity index is 1.43. The third kappa shape index (κ3) is 3.70. The van der Waals surface area contributed by atoms with Crippen LogP contribution in [0.2, 0.25) is 0 Å². The Bertz CT molecular complexity index is 1290. The first-order valence-electron chi connectivity index (χ1n) is 10.2. The lowest BCUT2D eigenvalue weighted by atomic mass is 10.0. The number of likely N-dealkylation sites (tertiary alicyclic amines) is 1. The van der Waals surface area contributed by atoms with Crippen molar-refractivity contribution in [3.8, 4) is 11.6 Å². The summed E-state index contributed by atoms with van der Waals surface area (Å²) in [6, 6.07) is 11.1. The van der Waals surface area contributed by atoms with E-state index in [0.29, 0.717) is 24.0 Å². The Morgan fingerprint density at radius 3 is 2.87 bits per heavy atom. The zero-order valence-electron chi connectivity index (χ0n) is 16.7. The first kappa shape index (κ1) is 19.1. The topological polar surface area (TPSA) is 107 Å². The fraction of sp³-hybridized carbons (Fsp3) is 0.273. The number of aromatic nitrogens is 5. The summed E-state index contributed by atoms with van der Waals surface area (Å²) in [5.74, 6) is 0.535. The molecule has 0 bridgehead atoms. The van der Waals surface area contributed by atoms with Crippen LogP contribution in [0.1, 0.15) is 31.2 Å². The third-order valence-electron chi connectivity index (χ3n) is 5.51. The number of rotatable bonds is 4. The number of hydrogen-bond acceptors (Lipinski definition) is 7. The summed E-state index contributed by atoms with van der Waals surface area (Å²) in [4.78, 5) is 34.7. The number of carbonyl (C=O) groups is 1. The van der Waals surface area contributed by atoms with Gasteiger partial charge in [0, 0.05) is 30.5 Å². The molecular weight excluding hydrogens is 396 g/mol. The third-order valence-corrected chi connectivity index (χ3v) is 5.51. The van der Waals surface area contributed by atoms with Gasteiger partial charge < -0.3 is 9.32 Å². The van der Waals surface area contributed by atoms with E-state index < -0.39 is 5.69 Å². The fourth-order valence-electron chi connectivity index (χ4n) is 3.99. The molecule has 3 aromatic heterocycles. The smallest absolute Gasteiger partial charge is 0.347 e. The summed E-state index contributed by atoms with van der Waals surface area (Å²) in [5, 5.41) is 10.4. The standard InChI is InChI=1S/C22H20N6O3/c29-18(14-27-12-5-10-24-22(27)30)28-13-4-3-8-17(28)20-25-26-21(31-20)19-16-7-2-1-6-15(16)9-11-23-19/h1-2,5-7,9-12,17H,3-4,8,13-14H2/t17-/m0/s1. The fourth-order valence-corrected chi connectivity index (χ4v) is 3.99. The van der Waals surface area contributed by atoms with Crippen molar-refractivity contribution in [2.24, 2.45) is 0 Å². The number of nitrogens with zero attached hydrogens (tertiary/aromatic N) is 6. The molecule has 0 radical (unpaired) electrons. The summed E-state index contributed by atoms with van der Waals surface area (Å²) >= 11 is 0. The van der Waals surface area contributed by atoms with Gasteiger partial charge in [-0.2, -0.15) is 0 Å². The van der Waals surface area contributed by atoms with Crippen LogP contribution in [0.3, 0.4) is 0 Å². The van der Waals surface area contributed by atoms with E-state index in [4.69, 9.17) is 4.42 Å². The maximum atomic E-state index is 13.0. The second-order valence-corrected chi connectivity index (χ2v) is 7.46. The molecule has 9 nitrogen and oxygen atoms in total. The van der Waals surface area contributed by atoms with Gasteiger partial charge in [-0.1, -0.05) is 24.3 Å². The van der Waals surface area contributed by atoms with Crippen molar-refractivity contribution in [3.05, 3.63) is 71.4 Å². The lowest BCUT2D eigenvalue weighted by Gasteiger charge is -2.33. The van der Waals surface area contributed by atoms with Gasteiger partial charge in [0.2, 0.25) is 11.8 Å². The van der Waals surface area contributed by atoms with Crippen LogP contribution in [-0.4, -0.2) is 42.1 Å². The van der Waals surface area contributed by atoms with Gasteiger partial charge >= 0.3 is 5.69 Å². The minimum atomic E-state index is -0.452. The van der Waals surface area contributed by atoms with Crippen molar-refractivity contribution in [3.63, 3.8) is 0 Å². The van der Waals surface area contributed by atoms with E-state index in [2.05, 4.69) is 20.2 Å². The first-order chi connectivity index (χ1) is 15.2. The molecular formula is C22H20N6O3. The number of amides is 1. The van der Waals surface area contributed by atoms with Crippen molar-refractivity contribution in [2.75, 3.05) is 6.54 Å². The van der Waals surface area contributed by atoms with E-state index in [1.54, 1.807) is 23.4 Å². The molecule has 0 N–H and O–H groups in total. The lowest BCUT2D eigenvalue weighted by molar-refractivity contribution is -0.136. The van der Waals surface area contributed by atoms with Gasteiger partial charge in [0.05, 0.1) is 0 Å². The molecule has 1 saturated heterocycles. The van der Waals surface area contributed by atoms with E-state index in [-0.39, 0.29) is 18.5 Å². The molecule has 0 spiro atoms. The molecule has 1 atom stereocenters. The molecule has 156 valence electrons. The highest BCUT2D eigenvalue weighted by Gasteiger charge is 2.32. The van der Waals surface area contributed by atoms with E-state index in [9.17, 15) is 9.59 Å². The van der Waals surface area contributed by atoms with E-state index in [1.807, 2.05) is 30.3 Å². The Labute approximate surface area is 177 Å². The van der Waals surface area contributed by atoms with Crippen molar-refractivity contribution < 1.29 is 9.21 Å². The molecule has 5 rings (SSSR count). The van der Waals surface area contributed by atoms with E-state index >= 15 is 0 Å². The number of pyridine rings is 1. The van der Waals surface area contributed by atoms with Crippen LogP contribution in [0.4, 0.5) is 0 Å². The molecule has 31 heavy (non-hydrogen) atoms. The normalized spacial score (nSPS) is 16.5. The predicted molar refractivity (Wildman–Crippen MR) is 112 cm³/mol. The number of piperidine rings is 1. The molecule has 1 amide bonds. The molecule has 1 aliphatic rings. The monoisotopic (exact) mass is 416 g/mol. The summed E-state index contributed by atoms with van der Waals surface area (Å²) < 4.78 is 7.31. The largest absolute Gasteiger partial charge is 0.417 e. The first-order valence-corrected chi connectivity index (χ1v) is 10.2. The summed E-state index contributed by atoms with van der Waals surface area (Å²) in [5.41, 5.74) is 0.166. The average Bonchev–Trinajstić information content (AvgIpc) is 3.30. The van der Waals surface area contributed by atoms with Gasteiger partial charge in [0.15, 0.2) is 0 Å². The average molecular weight is 416 g/mol. The van der Waals surface area contributed by atoms with Crippen LogP contribution in [0.25, 0.3) is 22.4 Å². The van der Waals surface area contributed by atoms with E-state index in [1.165, 1.54) is 10.8 Å². The molecule has 1 aromatic carbocycles. The number of hydrogen-bond donors (Lipinski definition) is 0. The minimum absolute atomic E-state index is 0.0744. The van der Waals surface area contributed by atoms with Crippen molar-refractivity contribution in [2.45, 2.75) is 31.8 Å². The van der Waals surface area contributed by atoms with Crippen molar-refractivity contribution >= 4 is 16.7 Å². The Morgan fingerprint density at radius 1 is 1.06 bits per heavy atom. The SMILES string of the molecule is O=C(Cn1cccnc1=O)N1CCCC[C@H]1c1nnc(-c2nccc3ccccc23)o1. The second kappa shape index (κ2) is 8.10. The Morgan fingerprint density at radius 2 is 1.97 bits per heavy atom. The lowest BCUT2D eigenvalue weighted by Crippen LogP contribution is -2.42. The zero-order chi connectivity index (χ0) is 21.2. The minimum Gasteiger partial charge on any atom is -0.417 e. The summed E-state index contributed by atoms with van der Waals surface area (Å²) in [7, 11) is 0. The van der Waals surface area contributed by atoms with Gasteiger partial charge in [-0.15, -0.1) is 10.2 Å². The maximum Gasteiger partial charge on any atom is 0.347 e. The summed E-state index contributed by atoms with van der Waals surface area (Å²) in [6.45, 7) is 0.498. The highest BCUT2D eigenvalue weighted by Crippen LogP contribution is 2.33. The number of fused-ring (bicyclic) bond motifs is 1. The van der Waals surface area contributed by atoms with Gasteiger partial charge in [-0.25, -0.2) is 9.78 Å². The number of benzene rings is 1. The molecule has 0 saturated carbocycles. The molecule has 1 aliphatic heterocycles. The zero-order valence-corrected chi connectivity index (χ0v) is 16.7. The van der Waals surface area contributed by atoms with Crippen LogP contribution in [0.5, 0.6) is 0 Å². The maximum absolute atomic E-state index is 13.0. The van der Waals surface area contributed by atoms with Crippen LogP contribution in [0, 0.1) is 0 Å². The molecule has 4 heterocycles. The Hall–Kier alpha value is -3.88. The molecule has 0 unspecified atom stereocenters. The molecule has 0 aliphatic carbocycles. The summed E-state index contributed by atoms with van der Waals surface area (Å²) in [6.07, 6.45) is 7.24. The number of carbonyl (C=O) groups excluding carboxylic acids is 1. The predicted octanol–water partition coefficient (Wildman–Crippen LogP) is 2.60. The van der Waals surface area contributed by atoms with Crippen LogP contribution in [0.15, 0.2) is 64.2 Å². The molecule has 9 heteroatoms. The van der Waals surface area contributed by atoms with E-state index in [0.717, 1.165) is 30.0 Å². The molecule has 1 fully saturated rings. The second-order valence-electron chi connectivity index (χ2n) is 7.46. The van der Waals surface area contributed by atoms with Crippen LogP contribution >= 0.6 is 0 Å². The van der Waals surface area contributed by atoms with Gasteiger partial charge in [-0.05, 0) is 36.8 Å². The highest BCUT2D eigenvalue weighted by atomic mass is 16.4.